The first kappa shape index (κ1) is 15.5. The Kier molecular flexibility index (Phi) is 5.08. The second kappa shape index (κ2) is 6.55. The number of hydrogen-bond donors (Lipinski definition) is 3. The number of amides is 1. The smallest absolute Gasteiger partial charge is 0.326 e. The number of rotatable bonds is 6. The summed E-state index contributed by atoms with van der Waals surface area (Å²) < 4.78 is 5.06. The predicted octanol–water partition coefficient (Wildman–Crippen LogP) is 0.661. The van der Waals surface area contributed by atoms with Crippen LogP contribution in [0.2, 0.25) is 0 Å². The predicted molar refractivity (Wildman–Crippen MR) is 68.9 cm³/mol. The lowest BCUT2D eigenvalue weighted by Crippen LogP contribution is -2.42. The third kappa shape index (κ3) is 3.98. The van der Waals surface area contributed by atoms with Gasteiger partial charge < -0.3 is 20.3 Å². The summed E-state index contributed by atoms with van der Waals surface area (Å²) in [7, 11) is 1.45. The van der Waals surface area contributed by atoms with Crippen molar-refractivity contribution in [1.82, 2.24) is 5.32 Å². The standard InChI is InChI=1S/C13H15NO6/c1-7-3-4-8(5-10(7)20-2)12(17)14-9(13(18)19)6-11(15)16/h3-5,9H,6H2,1-2H3,(H,14,17)(H,15,16)(H,18,19)/t9-/m1/s1. The Morgan fingerprint density at radius 2 is 1.95 bits per heavy atom. The lowest BCUT2D eigenvalue weighted by Gasteiger charge is -2.13. The number of aryl methyl sites for hydroxylation is 1. The van der Waals surface area contributed by atoms with Crippen molar-refractivity contribution in [2.45, 2.75) is 19.4 Å². The van der Waals surface area contributed by atoms with Gasteiger partial charge in [-0.15, -0.1) is 0 Å². The second-order valence-corrected chi connectivity index (χ2v) is 4.15. The number of aliphatic carboxylic acids is 2. The van der Waals surface area contributed by atoms with Crippen LogP contribution in [0, 0.1) is 6.92 Å². The quantitative estimate of drug-likeness (QED) is 0.706. The van der Waals surface area contributed by atoms with Gasteiger partial charge in [0.2, 0.25) is 0 Å². The maximum Gasteiger partial charge on any atom is 0.326 e. The SMILES string of the molecule is COc1cc(C(=O)N[C@H](CC(=O)O)C(=O)O)ccc1C. The topological polar surface area (TPSA) is 113 Å². The van der Waals surface area contributed by atoms with Crippen molar-refractivity contribution in [3.8, 4) is 5.75 Å². The summed E-state index contributed by atoms with van der Waals surface area (Å²) in [5, 5.41) is 19.6. The van der Waals surface area contributed by atoms with Gasteiger partial charge in [0.15, 0.2) is 0 Å². The molecule has 0 heterocycles. The average molecular weight is 281 g/mol. The van der Waals surface area contributed by atoms with E-state index >= 15 is 0 Å². The molecule has 1 atom stereocenters. The van der Waals surface area contributed by atoms with E-state index in [1.165, 1.54) is 19.2 Å². The molecule has 0 spiro atoms. The highest BCUT2D eigenvalue weighted by Gasteiger charge is 2.23. The summed E-state index contributed by atoms with van der Waals surface area (Å²) in [4.78, 5) is 33.3. The number of methoxy groups -OCH3 is 1. The van der Waals surface area contributed by atoms with Gasteiger partial charge in [-0.3, -0.25) is 9.59 Å². The first-order valence-electron chi connectivity index (χ1n) is 5.75. The van der Waals surface area contributed by atoms with E-state index in [4.69, 9.17) is 14.9 Å². The summed E-state index contributed by atoms with van der Waals surface area (Å²) in [6, 6.07) is 3.14. The Bertz CT molecular complexity index is 540. The van der Waals surface area contributed by atoms with Crippen molar-refractivity contribution in [2.24, 2.45) is 0 Å². The summed E-state index contributed by atoms with van der Waals surface area (Å²) >= 11 is 0. The normalized spacial score (nSPS) is 11.5. The minimum Gasteiger partial charge on any atom is -0.496 e. The molecular formula is C13H15NO6. The van der Waals surface area contributed by atoms with Gasteiger partial charge in [0.25, 0.3) is 5.91 Å². The molecule has 1 amide bonds. The lowest BCUT2D eigenvalue weighted by molar-refractivity contribution is -0.145. The van der Waals surface area contributed by atoms with Gasteiger partial charge in [-0.25, -0.2) is 4.79 Å². The van der Waals surface area contributed by atoms with Crippen LogP contribution in [0.1, 0.15) is 22.3 Å². The largest absolute Gasteiger partial charge is 0.496 e. The zero-order chi connectivity index (χ0) is 15.3. The van der Waals surface area contributed by atoms with Crippen molar-refractivity contribution in [2.75, 3.05) is 7.11 Å². The van der Waals surface area contributed by atoms with E-state index in [0.29, 0.717) is 5.75 Å². The van der Waals surface area contributed by atoms with E-state index in [-0.39, 0.29) is 5.56 Å². The molecule has 1 rings (SSSR count). The van der Waals surface area contributed by atoms with Crippen molar-refractivity contribution >= 4 is 17.8 Å². The molecule has 0 unspecified atom stereocenters. The molecule has 0 saturated carbocycles. The highest BCUT2D eigenvalue weighted by molar-refractivity contribution is 5.97. The van der Waals surface area contributed by atoms with Crippen LogP contribution in [0.25, 0.3) is 0 Å². The fourth-order valence-corrected chi connectivity index (χ4v) is 1.58. The van der Waals surface area contributed by atoms with Gasteiger partial charge in [0.05, 0.1) is 13.5 Å². The number of nitrogens with one attached hydrogen (secondary N) is 1. The Morgan fingerprint density at radius 3 is 2.45 bits per heavy atom. The molecule has 0 bridgehead atoms. The molecule has 0 aliphatic heterocycles. The Balaban J connectivity index is 2.88. The van der Waals surface area contributed by atoms with E-state index in [9.17, 15) is 14.4 Å². The number of benzene rings is 1. The van der Waals surface area contributed by atoms with Gasteiger partial charge in [-0.1, -0.05) is 6.07 Å². The first-order valence-corrected chi connectivity index (χ1v) is 5.75. The third-order valence-corrected chi connectivity index (χ3v) is 2.65. The van der Waals surface area contributed by atoms with Crippen LogP contribution in [-0.2, 0) is 9.59 Å². The zero-order valence-corrected chi connectivity index (χ0v) is 11.0. The number of carbonyl (C=O) groups is 3. The number of carboxylic acids is 2. The van der Waals surface area contributed by atoms with Crippen LogP contribution in [0.3, 0.4) is 0 Å². The first-order chi connectivity index (χ1) is 9.35. The number of carboxylic acid groups (broad SMARTS) is 2. The molecule has 108 valence electrons. The van der Waals surface area contributed by atoms with Gasteiger partial charge in [-0.05, 0) is 24.6 Å². The highest BCUT2D eigenvalue weighted by atomic mass is 16.5. The van der Waals surface area contributed by atoms with Crippen LogP contribution in [0.4, 0.5) is 0 Å². The van der Waals surface area contributed by atoms with Crippen LogP contribution in [0.15, 0.2) is 18.2 Å². The molecule has 0 aliphatic carbocycles. The van der Waals surface area contributed by atoms with Gasteiger partial charge >= 0.3 is 11.9 Å². The second-order valence-electron chi connectivity index (χ2n) is 4.15. The Labute approximate surface area is 115 Å². The molecule has 0 saturated heterocycles. The fourth-order valence-electron chi connectivity index (χ4n) is 1.58. The van der Waals surface area contributed by atoms with Gasteiger partial charge in [0.1, 0.15) is 11.8 Å². The van der Waals surface area contributed by atoms with Crippen molar-refractivity contribution in [3.63, 3.8) is 0 Å². The molecule has 1 aromatic rings. The van der Waals surface area contributed by atoms with Crippen molar-refractivity contribution < 1.29 is 29.3 Å². The molecule has 0 aliphatic rings. The minimum absolute atomic E-state index is 0.198. The molecular weight excluding hydrogens is 266 g/mol. The molecule has 0 fully saturated rings. The summed E-state index contributed by atoms with van der Waals surface area (Å²) in [6.07, 6.45) is -0.690. The van der Waals surface area contributed by atoms with E-state index in [0.717, 1.165) is 5.56 Å². The van der Waals surface area contributed by atoms with Crippen molar-refractivity contribution in [3.05, 3.63) is 29.3 Å². The molecule has 20 heavy (non-hydrogen) atoms. The molecule has 3 N–H and O–H groups in total. The minimum atomic E-state index is -1.48. The maximum absolute atomic E-state index is 11.9. The summed E-state index contributed by atoms with van der Waals surface area (Å²) in [5.41, 5.74) is 1.02. The van der Waals surface area contributed by atoms with E-state index in [2.05, 4.69) is 5.32 Å². The maximum atomic E-state index is 11.9. The van der Waals surface area contributed by atoms with E-state index in [1.54, 1.807) is 13.0 Å². The van der Waals surface area contributed by atoms with Crippen LogP contribution in [0.5, 0.6) is 5.75 Å². The average Bonchev–Trinajstić information content (AvgIpc) is 2.37. The summed E-state index contributed by atoms with van der Waals surface area (Å²) in [6.45, 7) is 1.80. The van der Waals surface area contributed by atoms with Gasteiger partial charge in [-0.2, -0.15) is 0 Å². The zero-order valence-electron chi connectivity index (χ0n) is 11.0. The van der Waals surface area contributed by atoms with Crippen molar-refractivity contribution in [1.29, 1.82) is 0 Å². The molecule has 1 aromatic carbocycles. The Morgan fingerprint density at radius 1 is 1.30 bits per heavy atom. The van der Waals surface area contributed by atoms with E-state index in [1.807, 2.05) is 0 Å². The van der Waals surface area contributed by atoms with Crippen LogP contribution in [-0.4, -0.2) is 41.2 Å². The lowest BCUT2D eigenvalue weighted by atomic mass is 10.1. The highest BCUT2D eigenvalue weighted by Crippen LogP contribution is 2.19. The number of ether oxygens (including phenoxy) is 1. The fraction of sp³-hybridized carbons (Fsp3) is 0.308. The van der Waals surface area contributed by atoms with Crippen LogP contribution >= 0.6 is 0 Å². The monoisotopic (exact) mass is 281 g/mol. The number of carbonyl (C=O) groups excluding carboxylic acids is 1. The van der Waals surface area contributed by atoms with Crippen LogP contribution < -0.4 is 10.1 Å². The molecule has 0 aromatic heterocycles. The Hall–Kier alpha value is -2.57. The molecule has 7 nitrogen and oxygen atoms in total. The summed E-state index contributed by atoms with van der Waals surface area (Å²) in [5.74, 6) is -2.89. The molecule has 7 heteroatoms. The number of hydrogen-bond acceptors (Lipinski definition) is 4. The van der Waals surface area contributed by atoms with Gasteiger partial charge in [0, 0.05) is 5.56 Å². The van der Waals surface area contributed by atoms with E-state index < -0.39 is 30.3 Å². The third-order valence-electron chi connectivity index (χ3n) is 2.65. The molecule has 0 radical (unpaired) electrons.